The molecule has 1 fully saturated rings. The van der Waals surface area contributed by atoms with Gasteiger partial charge < -0.3 is 24.0 Å². The molecule has 3 heterocycles. The van der Waals surface area contributed by atoms with E-state index < -0.39 is 17.1 Å². The van der Waals surface area contributed by atoms with Crippen molar-refractivity contribution in [3.05, 3.63) is 119 Å². The van der Waals surface area contributed by atoms with E-state index in [0.717, 1.165) is 42.6 Å². The predicted molar refractivity (Wildman–Crippen MR) is 170 cm³/mol. The number of esters is 1. The van der Waals surface area contributed by atoms with Crippen LogP contribution in [0, 0.1) is 5.92 Å². The number of fused-ring (bicyclic) bond motifs is 3. The number of carbonyl (C=O) groups is 1. The summed E-state index contributed by atoms with van der Waals surface area (Å²) in [6, 6.07) is 30.0. The number of likely N-dealkylation sites (tertiary alicyclic amines) is 1. The summed E-state index contributed by atoms with van der Waals surface area (Å²) in [5.74, 6) is 0.794. The van der Waals surface area contributed by atoms with Gasteiger partial charge in [0.05, 0.1) is 5.41 Å². The average Bonchev–Trinajstić information content (AvgIpc) is 3.52. The van der Waals surface area contributed by atoms with Crippen LogP contribution >= 0.6 is 0 Å². The maximum Gasteiger partial charge on any atom is 0.308 e. The average molecular weight is 583 g/mol. The molecule has 0 unspecified atom stereocenters. The number of piperidine rings is 1. The molecular formula is C38H34N2O4. The maximum atomic E-state index is 12.2. The standard InChI is InChI=1S/C38H34N2O4/c1-23(41)43-33-16-12-25-20-32-29-15-17-34(42)38(37(29,18-19-39(32)2)35(25)36(33)44-38)26-13-14-28-27-10-6-7-11-30(27)40(31(28)21-26)22-24-8-4-3-5-9-24/h3-17,21,29,32,34,42H,18-20,22H2,1-2H3/t29-,32+,34-,37-,38-/m0/s1. The Kier molecular flexibility index (Phi) is 5.37. The van der Waals surface area contributed by atoms with Gasteiger partial charge in [0.15, 0.2) is 17.1 Å². The normalized spacial score (nSPS) is 28.2. The Bertz CT molecular complexity index is 2030. The summed E-state index contributed by atoms with van der Waals surface area (Å²) < 4.78 is 15.4. The quantitative estimate of drug-likeness (QED) is 0.158. The highest BCUT2D eigenvalue weighted by Crippen LogP contribution is 2.69. The third kappa shape index (κ3) is 3.19. The summed E-state index contributed by atoms with van der Waals surface area (Å²) in [7, 11) is 2.21. The number of aromatic nitrogens is 1. The number of aliphatic hydroxyl groups is 1. The smallest absolute Gasteiger partial charge is 0.308 e. The van der Waals surface area contributed by atoms with Crippen LogP contribution in [0.4, 0.5) is 0 Å². The molecular weight excluding hydrogens is 548 g/mol. The van der Waals surface area contributed by atoms with E-state index in [1.165, 1.54) is 34.3 Å². The van der Waals surface area contributed by atoms with Crippen molar-refractivity contribution in [2.45, 2.75) is 49.5 Å². The first-order chi connectivity index (χ1) is 21.4. The minimum absolute atomic E-state index is 0.136. The molecule has 2 bridgehead atoms. The van der Waals surface area contributed by atoms with E-state index in [2.05, 4.69) is 95.4 Å². The van der Waals surface area contributed by atoms with E-state index in [1.54, 1.807) is 0 Å². The SMILES string of the molecule is CC(=O)Oc1ccc2c3c1O[C@@]1(c4ccc5c6ccccc6n(Cc6ccccc6)c5c4)[C@@H](O)C=C[C@H]4[C@@H](C2)N(C)CC[C@@]341. The highest BCUT2D eigenvalue weighted by molar-refractivity contribution is 6.08. The van der Waals surface area contributed by atoms with Crippen molar-refractivity contribution in [3.8, 4) is 11.5 Å². The van der Waals surface area contributed by atoms with Gasteiger partial charge in [0.25, 0.3) is 0 Å². The van der Waals surface area contributed by atoms with Crippen LogP contribution in [-0.2, 0) is 28.8 Å². The molecule has 5 aromatic rings. The van der Waals surface area contributed by atoms with Gasteiger partial charge in [-0.2, -0.15) is 0 Å². The fraction of sp³-hybridized carbons (Fsp3) is 0.289. The number of benzene rings is 4. The monoisotopic (exact) mass is 582 g/mol. The van der Waals surface area contributed by atoms with Crippen molar-refractivity contribution in [2.24, 2.45) is 5.92 Å². The third-order valence-electron chi connectivity index (χ3n) is 11.0. The molecule has 0 radical (unpaired) electrons. The maximum absolute atomic E-state index is 12.2. The lowest BCUT2D eigenvalue weighted by atomic mass is 9.47. The molecule has 9 rings (SSSR count). The first kappa shape index (κ1) is 26.1. The second-order valence-electron chi connectivity index (χ2n) is 13.0. The molecule has 5 atom stereocenters. The highest BCUT2D eigenvalue weighted by Gasteiger charge is 2.72. The number of nitrogens with zero attached hydrogens (tertiary/aromatic N) is 2. The summed E-state index contributed by atoms with van der Waals surface area (Å²) in [5.41, 5.74) is 5.19. The summed E-state index contributed by atoms with van der Waals surface area (Å²) in [6.07, 6.45) is 4.99. The predicted octanol–water partition coefficient (Wildman–Crippen LogP) is 6.10. The van der Waals surface area contributed by atoms with E-state index in [9.17, 15) is 9.90 Å². The van der Waals surface area contributed by atoms with Crippen LogP contribution < -0.4 is 9.47 Å². The van der Waals surface area contributed by atoms with Gasteiger partial charge in [0, 0.05) is 58.4 Å². The first-order valence-electron chi connectivity index (χ1n) is 15.6. The summed E-state index contributed by atoms with van der Waals surface area (Å²) in [5, 5.41) is 14.6. The van der Waals surface area contributed by atoms with Gasteiger partial charge in [-0.3, -0.25) is 4.79 Å². The van der Waals surface area contributed by atoms with Crippen molar-refractivity contribution in [2.75, 3.05) is 13.6 Å². The Balaban J connectivity index is 1.33. The van der Waals surface area contributed by atoms with Crippen LogP contribution in [0.3, 0.4) is 0 Å². The van der Waals surface area contributed by atoms with E-state index in [4.69, 9.17) is 9.47 Å². The van der Waals surface area contributed by atoms with Gasteiger partial charge in [-0.25, -0.2) is 0 Å². The minimum Gasteiger partial charge on any atom is -0.474 e. The molecule has 0 saturated carbocycles. The Labute approximate surface area is 256 Å². The Hall–Kier alpha value is -4.39. The topological polar surface area (TPSA) is 63.9 Å². The lowest BCUT2D eigenvalue weighted by molar-refractivity contribution is -0.133. The number of hydrogen-bond acceptors (Lipinski definition) is 5. The zero-order chi connectivity index (χ0) is 29.8. The van der Waals surface area contributed by atoms with E-state index in [0.29, 0.717) is 11.5 Å². The summed E-state index contributed by atoms with van der Waals surface area (Å²) >= 11 is 0. The van der Waals surface area contributed by atoms with Gasteiger partial charge in [-0.05, 0) is 55.8 Å². The van der Waals surface area contributed by atoms with Crippen LogP contribution in [-0.4, -0.2) is 46.3 Å². The van der Waals surface area contributed by atoms with E-state index >= 15 is 0 Å². The molecule has 1 N–H and O–H groups in total. The molecule has 4 aromatic carbocycles. The highest BCUT2D eigenvalue weighted by atomic mass is 16.6. The van der Waals surface area contributed by atoms with Crippen LogP contribution in [0.5, 0.6) is 11.5 Å². The summed E-state index contributed by atoms with van der Waals surface area (Å²) in [6.45, 7) is 3.04. The number of aliphatic hydroxyl groups excluding tert-OH is 1. The molecule has 2 aliphatic heterocycles. The van der Waals surface area contributed by atoms with Gasteiger partial charge in [-0.1, -0.05) is 78.9 Å². The molecule has 0 amide bonds. The number of rotatable bonds is 4. The van der Waals surface area contributed by atoms with Gasteiger partial charge >= 0.3 is 5.97 Å². The molecule has 1 aromatic heterocycles. The second kappa shape index (κ2) is 9.07. The minimum atomic E-state index is -1.08. The zero-order valence-corrected chi connectivity index (χ0v) is 24.9. The Morgan fingerprint density at radius 2 is 1.77 bits per heavy atom. The fourth-order valence-electron chi connectivity index (χ4n) is 9.24. The fourth-order valence-corrected chi connectivity index (χ4v) is 9.24. The van der Waals surface area contributed by atoms with E-state index in [-0.39, 0.29) is 17.9 Å². The molecule has 44 heavy (non-hydrogen) atoms. The summed E-state index contributed by atoms with van der Waals surface area (Å²) in [4.78, 5) is 14.7. The van der Waals surface area contributed by atoms with Gasteiger partial charge in [-0.15, -0.1) is 0 Å². The third-order valence-corrected chi connectivity index (χ3v) is 11.0. The van der Waals surface area contributed by atoms with Gasteiger partial charge in [0.1, 0.15) is 6.10 Å². The van der Waals surface area contributed by atoms with Crippen LogP contribution in [0.1, 0.15) is 35.6 Å². The second-order valence-corrected chi connectivity index (χ2v) is 13.0. The number of likely N-dealkylation sites (N-methyl/N-ethyl adjacent to an activating group) is 1. The van der Waals surface area contributed by atoms with Crippen LogP contribution in [0.15, 0.2) is 97.1 Å². The van der Waals surface area contributed by atoms with Gasteiger partial charge in [0.2, 0.25) is 0 Å². The van der Waals surface area contributed by atoms with Crippen LogP contribution in [0.25, 0.3) is 21.8 Å². The molecule has 6 nitrogen and oxygen atoms in total. The van der Waals surface area contributed by atoms with E-state index in [1.807, 2.05) is 18.2 Å². The first-order valence-corrected chi connectivity index (χ1v) is 15.6. The molecule has 6 heteroatoms. The number of ether oxygens (including phenoxy) is 2. The largest absolute Gasteiger partial charge is 0.474 e. The molecule has 4 aliphatic rings. The Morgan fingerprint density at radius 1 is 0.977 bits per heavy atom. The molecule has 1 saturated heterocycles. The van der Waals surface area contributed by atoms with Crippen molar-refractivity contribution < 1.29 is 19.4 Å². The Morgan fingerprint density at radius 3 is 2.61 bits per heavy atom. The lowest BCUT2D eigenvalue weighted by Crippen LogP contribution is -2.69. The number of hydrogen-bond donors (Lipinski definition) is 1. The number of para-hydroxylation sites is 1. The van der Waals surface area contributed by atoms with Crippen molar-refractivity contribution >= 4 is 27.8 Å². The van der Waals surface area contributed by atoms with Crippen molar-refractivity contribution in [1.82, 2.24) is 9.47 Å². The molecule has 2 aliphatic carbocycles. The zero-order valence-electron chi connectivity index (χ0n) is 24.9. The van der Waals surface area contributed by atoms with Crippen molar-refractivity contribution in [3.63, 3.8) is 0 Å². The van der Waals surface area contributed by atoms with Crippen LogP contribution in [0.2, 0.25) is 0 Å². The lowest BCUT2D eigenvalue weighted by Gasteiger charge is -2.61. The number of carbonyl (C=O) groups excluding carboxylic acids is 1. The molecule has 1 spiro atoms. The van der Waals surface area contributed by atoms with Crippen molar-refractivity contribution in [1.29, 1.82) is 0 Å². The molecule has 220 valence electrons.